The number of hydrogen-bond acceptors (Lipinski definition) is 7. The maximum absolute atomic E-state index is 13.5. The number of H-pyrrole nitrogens is 1. The lowest BCUT2D eigenvalue weighted by Gasteiger charge is -2.18. The highest BCUT2D eigenvalue weighted by atomic mass is 16.5. The van der Waals surface area contributed by atoms with Crippen molar-refractivity contribution in [3.63, 3.8) is 0 Å². The van der Waals surface area contributed by atoms with Crippen LogP contribution in [0.5, 0.6) is 11.5 Å². The molecule has 3 aromatic heterocycles. The Morgan fingerprint density at radius 2 is 1.80 bits per heavy atom. The minimum Gasteiger partial charge on any atom is -0.497 e. The largest absolute Gasteiger partial charge is 0.497 e. The first-order valence-corrected chi connectivity index (χ1v) is 9.02. The van der Waals surface area contributed by atoms with Crippen molar-refractivity contribution in [3.8, 4) is 22.8 Å². The molecule has 1 aliphatic rings. The highest BCUT2D eigenvalue weighted by Gasteiger charge is 2.41. The summed E-state index contributed by atoms with van der Waals surface area (Å²) in [6.45, 7) is 0. The van der Waals surface area contributed by atoms with E-state index in [9.17, 15) is 9.59 Å². The molecule has 0 atom stereocenters. The number of aromatic nitrogens is 4. The molecule has 1 N–H and O–H groups in total. The molecule has 9 heteroatoms. The van der Waals surface area contributed by atoms with Crippen molar-refractivity contribution in [2.24, 2.45) is 0 Å². The number of hydrogen-bond donors (Lipinski definition) is 1. The van der Waals surface area contributed by atoms with Crippen LogP contribution in [-0.4, -0.2) is 46.2 Å². The lowest BCUT2D eigenvalue weighted by Crippen LogP contribution is -2.29. The summed E-state index contributed by atoms with van der Waals surface area (Å²) in [6.07, 6.45) is 4.66. The van der Waals surface area contributed by atoms with Crippen molar-refractivity contribution in [1.29, 1.82) is 0 Å². The minimum absolute atomic E-state index is 0.210. The number of carbonyl (C=O) groups excluding carboxylic acids is 2. The molecule has 0 radical (unpaired) electrons. The van der Waals surface area contributed by atoms with Gasteiger partial charge in [0.25, 0.3) is 11.8 Å². The Morgan fingerprint density at radius 1 is 1.00 bits per heavy atom. The second-order valence-corrected chi connectivity index (χ2v) is 6.56. The third kappa shape index (κ3) is 2.45. The zero-order valence-corrected chi connectivity index (χ0v) is 16.0. The van der Waals surface area contributed by atoms with Gasteiger partial charge < -0.3 is 9.47 Å². The van der Waals surface area contributed by atoms with E-state index in [-0.39, 0.29) is 11.1 Å². The van der Waals surface area contributed by atoms with Gasteiger partial charge in [0.1, 0.15) is 11.5 Å². The summed E-state index contributed by atoms with van der Waals surface area (Å²) in [5.74, 6) is -0.0574. The number of anilines is 1. The molecule has 0 spiro atoms. The Kier molecular flexibility index (Phi) is 3.95. The fourth-order valence-electron chi connectivity index (χ4n) is 3.61. The van der Waals surface area contributed by atoms with Crippen LogP contribution in [0.2, 0.25) is 0 Å². The number of ether oxygens (including phenoxy) is 2. The van der Waals surface area contributed by atoms with Gasteiger partial charge in [0.15, 0.2) is 5.65 Å². The van der Waals surface area contributed by atoms with Crippen LogP contribution in [0.1, 0.15) is 20.7 Å². The first-order chi connectivity index (χ1) is 14.6. The van der Waals surface area contributed by atoms with Crippen LogP contribution in [0, 0.1) is 0 Å². The summed E-state index contributed by atoms with van der Waals surface area (Å²) in [5.41, 5.74) is 2.52. The van der Waals surface area contributed by atoms with Gasteiger partial charge in [0.05, 0.1) is 42.1 Å². The second-order valence-electron chi connectivity index (χ2n) is 6.56. The molecular weight excluding hydrogens is 386 g/mol. The Balaban J connectivity index is 1.71. The molecule has 1 aromatic carbocycles. The number of aromatic amines is 1. The number of methoxy groups -OCH3 is 2. The topological polar surface area (TPSA) is 110 Å². The van der Waals surface area contributed by atoms with Gasteiger partial charge in [0.2, 0.25) is 0 Å². The quantitative estimate of drug-likeness (QED) is 0.524. The molecule has 0 bridgehead atoms. The molecule has 9 nitrogen and oxygen atoms in total. The van der Waals surface area contributed by atoms with E-state index in [4.69, 9.17) is 9.47 Å². The average molecular weight is 401 g/mol. The summed E-state index contributed by atoms with van der Waals surface area (Å²) in [6, 6.07) is 8.47. The van der Waals surface area contributed by atoms with Crippen LogP contribution in [-0.2, 0) is 0 Å². The summed E-state index contributed by atoms with van der Waals surface area (Å²) >= 11 is 0. The number of amides is 2. The molecule has 0 saturated heterocycles. The lowest BCUT2D eigenvalue weighted by molar-refractivity contribution is 0.0925. The van der Waals surface area contributed by atoms with Gasteiger partial charge in [0, 0.05) is 30.2 Å². The van der Waals surface area contributed by atoms with Gasteiger partial charge in [-0.2, -0.15) is 5.10 Å². The number of nitrogens with one attached hydrogen (secondary N) is 1. The molecule has 2 amide bonds. The molecule has 0 fully saturated rings. The van der Waals surface area contributed by atoms with E-state index in [1.807, 2.05) is 0 Å². The molecule has 4 heterocycles. The van der Waals surface area contributed by atoms with Crippen LogP contribution in [0.25, 0.3) is 22.3 Å². The summed E-state index contributed by atoms with van der Waals surface area (Å²) in [4.78, 5) is 36.0. The zero-order chi connectivity index (χ0) is 20.8. The number of nitrogens with zero attached hydrogens (tertiary/aromatic N) is 4. The second kappa shape index (κ2) is 6.66. The summed E-state index contributed by atoms with van der Waals surface area (Å²) in [7, 11) is 2.99. The number of carbonyl (C=O) groups is 2. The average Bonchev–Trinajstić information content (AvgIpc) is 3.33. The molecule has 1 aliphatic heterocycles. The monoisotopic (exact) mass is 401 g/mol. The maximum atomic E-state index is 13.5. The van der Waals surface area contributed by atoms with Crippen molar-refractivity contribution in [3.05, 3.63) is 60.0 Å². The van der Waals surface area contributed by atoms with Gasteiger partial charge >= 0.3 is 0 Å². The van der Waals surface area contributed by atoms with E-state index < -0.39 is 11.8 Å². The number of pyridine rings is 2. The summed E-state index contributed by atoms with van der Waals surface area (Å²) < 4.78 is 10.6. The number of benzene rings is 1. The smallest absolute Gasteiger partial charge is 0.267 e. The Bertz CT molecular complexity index is 1320. The van der Waals surface area contributed by atoms with E-state index in [1.54, 1.807) is 42.7 Å². The lowest BCUT2D eigenvalue weighted by atomic mass is 10.0. The van der Waals surface area contributed by atoms with Crippen LogP contribution in [0.4, 0.5) is 5.69 Å². The fraction of sp³-hybridized carbons (Fsp3) is 0.0952. The standard InChI is InChI=1S/C21H15N5O4/c1-29-12-3-4-14(15(9-12)30-2)26-20(27)13-10-23-19-17(16(13)21(26)28)18(24-25-19)11-5-7-22-8-6-11/h3-10H,1-2H3,(H,23,24,25). The van der Waals surface area contributed by atoms with Gasteiger partial charge in [-0.25, -0.2) is 9.88 Å². The van der Waals surface area contributed by atoms with Gasteiger partial charge in [-0.15, -0.1) is 0 Å². The summed E-state index contributed by atoms with van der Waals surface area (Å²) in [5, 5.41) is 7.62. The first kappa shape index (κ1) is 17.8. The first-order valence-electron chi connectivity index (χ1n) is 9.02. The maximum Gasteiger partial charge on any atom is 0.267 e. The van der Waals surface area contributed by atoms with E-state index in [2.05, 4.69) is 20.2 Å². The minimum atomic E-state index is -0.477. The predicted octanol–water partition coefficient (Wildman–Crippen LogP) is 2.84. The van der Waals surface area contributed by atoms with Crippen molar-refractivity contribution in [1.82, 2.24) is 20.2 Å². The van der Waals surface area contributed by atoms with Crippen molar-refractivity contribution in [2.45, 2.75) is 0 Å². The van der Waals surface area contributed by atoms with Crippen molar-refractivity contribution >= 4 is 28.5 Å². The third-order valence-corrected chi connectivity index (χ3v) is 5.03. The van der Waals surface area contributed by atoms with E-state index in [0.717, 1.165) is 10.5 Å². The highest BCUT2D eigenvalue weighted by Crippen LogP contribution is 2.40. The van der Waals surface area contributed by atoms with Crippen LogP contribution >= 0.6 is 0 Å². The molecular formula is C21H15N5O4. The molecule has 0 aliphatic carbocycles. The normalized spacial score (nSPS) is 13.1. The zero-order valence-electron chi connectivity index (χ0n) is 16.0. The Morgan fingerprint density at radius 3 is 2.53 bits per heavy atom. The Labute approximate surface area is 170 Å². The molecule has 5 rings (SSSR count). The predicted molar refractivity (Wildman–Crippen MR) is 108 cm³/mol. The molecule has 148 valence electrons. The van der Waals surface area contributed by atoms with Crippen molar-refractivity contribution < 1.29 is 19.1 Å². The Hall–Kier alpha value is -4.27. The molecule has 0 saturated carbocycles. The number of rotatable bonds is 4. The van der Waals surface area contributed by atoms with Crippen LogP contribution in [0.3, 0.4) is 0 Å². The third-order valence-electron chi connectivity index (χ3n) is 5.03. The van der Waals surface area contributed by atoms with E-state index in [1.165, 1.54) is 20.4 Å². The van der Waals surface area contributed by atoms with E-state index >= 15 is 0 Å². The van der Waals surface area contributed by atoms with Gasteiger partial charge in [-0.05, 0) is 24.3 Å². The highest BCUT2D eigenvalue weighted by molar-refractivity contribution is 6.38. The van der Waals surface area contributed by atoms with E-state index in [0.29, 0.717) is 33.9 Å². The van der Waals surface area contributed by atoms with Crippen LogP contribution < -0.4 is 14.4 Å². The number of imide groups is 1. The van der Waals surface area contributed by atoms with Crippen LogP contribution in [0.15, 0.2) is 48.9 Å². The molecule has 0 unspecified atom stereocenters. The van der Waals surface area contributed by atoms with Gasteiger partial charge in [-0.1, -0.05) is 0 Å². The SMILES string of the molecule is COc1ccc(N2C(=O)c3cnc4n[nH]c(-c5ccncc5)c4c3C2=O)c(OC)c1. The number of fused-ring (bicyclic) bond motifs is 3. The van der Waals surface area contributed by atoms with Gasteiger partial charge in [-0.3, -0.25) is 19.7 Å². The molecule has 30 heavy (non-hydrogen) atoms. The molecule has 4 aromatic rings. The fourth-order valence-corrected chi connectivity index (χ4v) is 3.61. The van der Waals surface area contributed by atoms with Crippen molar-refractivity contribution in [2.75, 3.05) is 19.1 Å².